The quantitative estimate of drug-likeness (QED) is 0.673. The minimum Gasteiger partial charge on any atom is -0.379 e. The van der Waals surface area contributed by atoms with E-state index in [0.717, 1.165) is 45.9 Å². The van der Waals surface area contributed by atoms with Gasteiger partial charge < -0.3 is 9.64 Å². The first-order chi connectivity index (χ1) is 7.65. The smallest absolute Gasteiger partial charge is 0.0608 e. The van der Waals surface area contributed by atoms with Crippen LogP contribution in [0.15, 0.2) is 0 Å². The average Bonchev–Trinajstić information content (AvgIpc) is 2.30. The first-order valence-electron chi connectivity index (χ1n) is 6.43. The third kappa shape index (κ3) is 4.37. The molecule has 1 aliphatic heterocycles. The lowest BCUT2D eigenvalue weighted by Gasteiger charge is -2.37. The monoisotopic (exact) mass is 229 g/mol. The van der Waals surface area contributed by atoms with Gasteiger partial charge in [0.15, 0.2) is 0 Å². The predicted octanol–water partition coefficient (Wildman–Crippen LogP) is 0.896. The molecule has 0 spiro atoms. The molecule has 1 rings (SSSR count). The van der Waals surface area contributed by atoms with Crippen molar-refractivity contribution in [2.24, 2.45) is 0 Å². The Kier molecular flexibility index (Phi) is 6.28. The molecule has 4 nitrogen and oxygen atoms in total. The van der Waals surface area contributed by atoms with Crippen molar-refractivity contribution in [3.63, 3.8) is 0 Å². The van der Waals surface area contributed by atoms with Crippen LogP contribution in [0.1, 0.15) is 20.8 Å². The molecule has 0 N–H and O–H groups in total. The lowest BCUT2D eigenvalue weighted by molar-refractivity contribution is -0.0899. The molecule has 0 amide bonds. The normalized spacial score (nSPS) is 18.9. The van der Waals surface area contributed by atoms with E-state index in [1.54, 1.807) is 0 Å². The summed E-state index contributed by atoms with van der Waals surface area (Å²) in [5.41, 5.74) is 0. The molecule has 1 saturated heterocycles. The zero-order valence-electron chi connectivity index (χ0n) is 11.3. The van der Waals surface area contributed by atoms with Crippen LogP contribution < -0.4 is 0 Å². The van der Waals surface area contributed by atoms with Crippen molar-refractivity contribution in [2.75, 3.05) is 53.0 Å². The van der Waals surface area contributed by atoms with Gasteiger partial charge in [-0.25, -0.2) is 10.0 Å². The molecule has 0 radical (unpaired) electrons. The van der Waals surface area contributed by atoms with E-state index < -0.39 is 0 Å². The van der Waals surface area contributed by atoms with Gasteiger partial charge in [0.1, 0.15) is 0 Å². The molecule has 0 unspecified atom stereocenters. The molecule has 1 fully saturated rings. The number of ether oxygens (including phenoxy) is 1. The van der Waals surface area contributed by atoms with Gasteiger partial charge in [-0.05, 0) is 20.9 Å². The van der Waals surface area contributed by atoms with E-state index in [0.29, 0.717) is 6.04 Å². The molecule has 0 aromatic carbocycles. The second-order valence-corrected chi connectivity index (χ2v) is 4.69. The number of nitrogens with zero attached hydrogens (tertiary/aromatic N) is 3. The molecule has 0 aromatic rings. The summed E-state index contributed by atoms with van der Waals surface area (Å²) in [5.74, 6) is 0. The van der Waals surface area contributed by atoms with Crippen LogP contribution in [0, 0.1) is 0 Å². The highest BCUT2D eigenvalue weighted by molar-refractivity contribution is 4.64. The standard InChI is InChI=1S/C12H27N3O/c1-5-14(7-6-13(4)12(2)3)15-8-10-16-11-9-15/h12H,5-11H2,1-4H3. The number of hydrogen-bond donors (Lipinski definition) is 0. The summed E-state index contributed by atoms with van der Waals surface area (Å²) in [4.78, 5) is 2.39. The van der Waals surface area contributed by atoms with E-state index in [9.17, 15) is 0 Å². The van der Waals surface area contributed by atoms with Crippen molar-refractivity contribution in [3.8, 4) is 0 Å². The van der Waals surface area contributed by atoms with Gasteiger partial charge in [0, 0.05) is 38.8 Å². The van der Waals surface area contributed by atoms with Gasteiger partial charge in [0.25, 0.3) is 0 Å². The van der Waals surface area contributed by atoms with Gasteiger partial charge in [0.05, 0.1) is 13.2 Å². The largest absolute Gasteiger partial charge is 0.379 e. The Hall–Kier alpha value is -0.160. The van der Waals surface area contributed by atoms with Crippen molar-refractivity contribution in [2.45, 2.75) is 26.8 Å². The van der Waals surface area contributed by atoms with E-state index >= 15 is 0 Å². The molecule has 0 bridgehead atoms. The first kappa shape index (κ1) is 13.9. The lowest BCUT2D eigenvalue weighted by atomic mass is 10.3. The molecule has 96 valence electrons. The Morgan fingerprint density at radius 1 is 1.19 bits per heavy atom. The molecular weight excluding hydrogens is 202 g/mol. The van der Waals surface area contributed by atoms with Crippen LogP contribution >= 0.6 is 0 Å². The van der Waals surface area contributed by atoms with Gasteiger partial charge in [-0.15, -0.1) is 0 Å². The Morgan fingerprint density at radius 3 is 2.31 bits per heavy atom. The Balaban J connectivity index is 2.30. The Bertz CT molecular complexity index is 181. The fraction of sp³-hybridized carbons (Fsp3) is 1.00. The van der Waals surface area contributed by atoms with Crippen molar-refractivity contribution >= 4 is 0 Å². The second-order valence-electron chi connectivity index (χ2n) is 4.69. The average molecular weight is 229 g/mol. The summed E-state index contributed by atoms with van der Waals surface area (Å²) in [6.07, 6.45) is 0. The highest BCUT2D eigenvalue weighted by Gasteiger charge is 2.17. The molecule has 16 heavy (non-hydrogen) atoms. The van der Waals surface area contributed by atoms with Crippen LogP contribution in [-0.2, 0) is 4.74 Å². The van der Waals surface area contributed by atoms with Gasteiger partial charge in [-0.1, -0.05) is 6.92 Å². The molecule has 0 aromatic heterocycles. The summed E-state index contributed by atoms with van der Waals surface area (Å²) in [6, 6.07) is 0.628. The fourth-order valence-electron chi connectivity index (χ4n) is 1.87. The zero-order chi connectivity index (χ0) is 12.0. The van der Waals surface area contributed by atoms with Crippen LogP contribution in [0.25, 0.3) is 0 Å². The highest BCUT2D eigenvalue weighted by atomic mass is 16.5. The number of hydrazine groups is 1. The van der Waals surface area contributed by atoms with Crippen LogP contribution in [0.5, 0.6) is 0 Å². The van der Waals surface area contributed by atoms with Gasteiger partial charge >= 0.3 is 0 Å². The van der Waals surface area contributed by atoms with E-state index in [4.69, 9.17) is 4.74 Å². The maximum atomic E-state index is 5.38. The first-order valence-corrected chi connectivity index (χ1v) is 6.43. The maximum Gasteiger partial charge on any atom is 0.0608 e. The van der Waals surface area contributed by atoms with Crippen LogP contribution in [0.2, 0.25) is 0 Å². The summed E-state index contributed by atoms with van der Waals surface area (Å²) in [5, 5.41) is 4.87. The van der Waals surface area contributed by atoms with E-state index in [1.165, 1.54) is 0 Å². The topological polar surface area (TPSA) is 19.0 Å². The summed E-state index contributed by atoms with van der Waals surface area (Å²) < 4.78 is 5.38. The molecular formula is C12H27N3O. The van der Waals surface area contributed by atoms with E-state index in [1.807, 2.05) is 0 Å². The predicted molar refractivity (Wildman–Crippen MR) is 67.4 cm³/mol. The van der Waals surface area contributed by atoms with E-state index in [2.05, 4.69) is 42.7 Å². The Morgan fingerprint density at radius 2 is 1.81 bits per heavy atom. The van der Waals surface area contributed by atoms with Gasteiger partial charge in [0.2, 0.25) is 0 Å². The number of rotatable bonds is 6. The van der Waals surface area contributed by atoms with Crippen molar-refractivity contribution in [1.82, 2.24) is 14.9 Å². The number of hydrogen-bond acceptors (Lipinski definition) is 4. The maximum absolute atomic E-state index is 5.38. The van der Waals surface area contributed by atoms with Gasteiger partial charge in [-0.3, -0.25) is 0 Å². The molecule has 4 heteroatoms. The minimum atomic E-state index is 0.628. The van der Waals surface area contributed by atoms with Crippen molar-refractivity contribution < 1.29 is 4.74 Å². The molecule has 0 saturated carbocycles. The zero-order valence-corrected chi connectivity index (χ0v) is 11.3. The molecule has 0 aliphatic carbocycles. The van der Waals surface area contributed by atoms with Crippen LogP contribution in [-0.4, -0.2) is 73.9 Å². The van der Waals surface area contributed by atoms with Crippen LogP contribution in [0.4, 0.5) is 0 Å². The third-order valence-corrected chi connectivity index (χ3v) is 3.34. The number of likely N-dealkylation sites (N-methyl/N-ethyl adjacent to an activating group) is 2. The highest BCUT2D eigenvalue weighted by Crippen LogP contribution is 2.03. The second kappa shape index (κ2) is 7.22. The number of morpholine rings is 1. The van der Waals surface area contributed by atoms with Crippen molar-refractivity contribution in [3.05, 3.63) is 0 Å². The van der Waals surface area contributed by atoms with E-state index in [-0.39, 0.29) is 0 Å². The molecule has 0 atom stereocenters. The SMILES string of the molecule is CCN(CCN(C)C(C)C)N1CCOCC1. The fourth-order valence-corrected chi connectivity index (χ4v) is 1.87. The van der Waals surface area contributed by atoms with Crippen molar-refractivity contribution in [1.29, 1.82) is 0 Å². The third-order valence-electron chi connectivity index (χ3n) is 3.34. The summed E-state index contributed by atoms with van der Waals surface area (Å²) in [7, 11) is 2.19. The summed E-state index contributed by atoms with van der Waals surface area (Å²) in [6.45, 7) is 13.9. The lowest BCUT2D eigenvalue weighted by Crippen LogP contribution is -2.51. The van der Waals surface area contributed by atoms with Gasteiger partial charge in [-0.2, -0.15) is 0 Å². The minimum absolute atomic E-state index is 0.628. The molecule has 1 heterocycles. The summed E-state index contributed by atoms with van der Waals surface area (Å²) >= 11 is 0. The Labute approximate surface area is 100 Å². The molecule has 1 aliphatic rings. The van der Waals surface area contributed by atoms with Crippen LogP contribution in [0.3, 0.4) is 0 Å².